The van der Waals surface area contributed by atoms with Gasteiger partial charge in [-0.3, -0.25) is 14.4 Å². The number of nitrogens with zero attached hydrogens (tertiary/aromatic N) is 2. The molecule has 0 saturated heterocycles. The maximum Gasteiger partial charge on any atom is 0.253 e. The van der Waals surface area contributed by atoms with Crippen LogP contribution in [0.5, 0.6) is 0 Å². The van der Waals surface area contributed by atoms with Crippen LogP contribution in [0.4, 0.5) is 5.82 Å². The Balaban J connectivity index is 0.00000361. The van der Waals surface area contributed by atoms with Crippen molar-refractivity contribution < 1.29 is 14.4 Å². The average molecular weight is 510 g/mol. The van der Waals surface area contributed by atoms with Gasteiger partial charge in [0.1, 0.15) is 17.9 Å². The van der Waals surface area contributed by atoms with Gasteiger partial charge in [0.15, 0.2) is 0 Å². The third-order valence-electron chi connectivity index (χ3n) is 6.51. The highest BCUT2D eigenvalue weighted by Crippen LogP contribution is 2.36. The van der Waals surface area contributed by atoms with Crippen LogP contribution in [0.15, 0.2) is 60.8 Å². The summed E-state index contributed by atoms with van der Waals surface area (Å²) in [6, 6.07) is 15.1. The van der Waals surface area contributed by atoms with Crippen molar-refractivity contribution in [2.45, 2.75) is 45.4 Å². The Morgan fingerprint density at radius 1 is 1.00 bits per heavy atom. The molecule has 2 aromatic carbocycles. The van der Waals surface area contributed by atoms with Gasteiger partial charge in [0, 0.05) is 18.1 Å². The van der Waals surface area contributed by atoms with Crippen LogP contribution < -0.4 is 16.0 Å². The van der Waals surface area contributed by atoms with Gasteiger partial charge in [-0.15, -0.1) is 12.4 Å². The molecule has 0 fully saturated rings. The first kappa shape index (κ1) is 27.1. The molecule has 1 aromatic heterocycles. The van der Waals surface area contributed by atoms with E-state index in [0.29, 0.717) is 5.82 Å². The predicted octanol–water partition coefficient (Wildman–Crippen LogP) is 3.43. The lowest BCUT2D eigenvalue weighted by Crippen LogP contribution is -2.55. The molecule has 36 heavy (non-hydrogen) atoms. The second-order valence-corrected chi connectivity index (χ2v) is 9.18. The number of hydrogen-bond acceptors (Lipinski definition) is 5. The molecular formula is C27H32ClN5O3. The van der Waals surface area contributed by atoms with E-state index in [1.165, 1.54) is 0 Å². The molecule has 0 saturated carbocycles. The fourth-order valence-corrected chi connectivity index (χ4v) is 4.38. The number of pyridine rings is 1. The minimum Gasteiger partial charge on any atom is -0.343 e. The first-order valence-electron chi connectivity index (χ1n) is 11.8. The number of likely N-dealkylation sites (N-methyl/N-ethyl adjacent to an activating group) is 1. The highest BCUT2D eigenvalue weighted by molar-refractivity contribution is 6.04. The molecule has 3 unspecified atom stereocenters. The lowest BCUT2D eigenvalue weighted by molar-refractivity contribution is -0.143. The molecule has 1 aliphatic rings. The number of benzene rings is 2. The number of hydrogen-bond donors (Lipinski definition) is 3. The van der Waals surface area contributed by atoms with Crippen LogP contribution in [0.1, 0.15) is 37.9 Å². The van der Waals surface area contributed by atoms with E-state index in [-0.39, 0.29) is 42.6 Å². The minimum atomic E-state index is -0.834. The number of carbonyl (C=O) groups is 3. The summed E-state index contributed by atoms with van der Waals surface area (Å²) < 4.78 is 0. The number of amides is 3. The zero-order chi connectivity index (χ0) is 25.1. The summed E-state index contributed by atoms with van der Waals surface area (Å²) in [5.74, 6) is -0.621. The number of aromatic nitrogens is 1. The van der Waals surface area contributed by atoms with Crippen LogP contribution in [0.25, 0.3) is 10.8 Å². The largest absolute Gasteiger partial charge is 0.343 e. The van der Waals surface area contributed by atoms with Crippen molar-refractivity contribution in [2.75, 3.05) is 12.4 Å². The summed E-state index contributed by atoms with van der Waals surface area (Å²) in [4.78, 5) is 45.9. The number of fused-ring (bicyclic) bond motifs is 2. The normalized spacial score (nSPS) is 16.1. The first-order valence-corrected chi connectivity index (χ1v) is 11.8. The molecule has 3 aromatic rings. The molecule has 3 amide bonds. The van der Waals surface area contributed by atoms with Crippen molar-refractivity contribution in [3.63, 3.8) is 0 Å². The first-order chi connectivity index (χ1) is 16.8. The van der Waals surface area contributed by atoms with Crippen LogP contribution in [-0.4, -0.2) is 46.7 Å². The van der Waals surface area contributed by atoms with Gasteiger partial charge in [-0.2, -0.15) is 0 Å². The zero-order valence-corrected chi connectivity index (χ0v) is 21.6. The number of nitrogens with one attached hydrogen (secondary N) is 3. The SMILES string of the molecule is CNC(C)C(=O)NC(C(=O)N1Cc2ccccc2C1C(=O)Nc1nccc2ccccc12)C(C)C.Cl. The van der Waals surface area contributed by atoms with Gasteiger partial charge < -0.3 is 20.9 Å². The van der Waals surface area contributed by atoms with Gasteiger partial charge in [-0.1, -0.05) is 62.4 Å². The molecule has 1 aliphatic heterocycles. The second-order valence-electron chi connectivity index (χ2n) is 9.18. The topological polar surface area (TPSA) is 103 Å². The van der Waals surface area contributed by atoms with Gasteiger partial charge in [0.2, 0.25) is 11.8 Å². The molecular weight excluding hydrogens is 478 g/mol. The Morgan fingerprint density at radius 2 is 1.69 bits per heavy atom. The molecule has 190 valence electrons. The molecule has 3 atom stereocenters. The third kappa shape index (κ3) is 5.34. The van der Waals surface area contributed by atoms with Crippen LogP contribution >= 0.6 is 12.4 Å². The molecule has 0 spiro atoms. The van der Waals surface area contributed by atoms with E-state index >= 15 is 0 Å². The minimum absolute atomic E-state index is 0. The third-order valence-corrected chi connectivity index (χ3v) is 6.51. The highest BCUT2D eigenvalue weighted by Gasteiger charge is 2.42. The van der Waals surface area contributed by atoms with E-state index in [1.807, 2.05) is 68.4 Å². The lowest BCUT2D eigenvalue weighted by atomic mass is 10.0. The van der Waals surface area contributed by atoms with Crippen LogP contribution in [0.3, 0.4) is 0 Å². The maximum atomic E-state index is 13.8. The van der Waals surface area contributed by atoms with Crippen LogP contribution in [-0.2, 0) is 20.9 Å². The molecule has 9 heteroatoms. The van der Waals surface area contributed by atoms with Crippen LogP contribution in [0, 0.1) is 5.92 Å². The Bertz CT molecular complexity index is 1260. The summed E-state index contributed by atoms with van der Waals surface area (Å²) in [6.07, 6.45) is 1.65. The van der Waals surface area contributed by atoms with E-state index in [1.54, 1.807) is 25.1 Å². The number of carbonyl (C=O) groups excluding carboxylic acids is 3. The summed E-state index contributed by atoms with van der Waals surface area (Å²) in [5.41, 5.74) is 1.68. The van der Waals surface area contributed by atoms with Crippen molar-refractivity contribution in [2.24, 2.45) is 5.92 Å². The summed E-state index contributed by atoms with van der Waals surface area (Å²) in [5, 5.41) is 10.5. The highest BCUT2D eigenvalue weighted by atomic mass is 35.5. The molecule has 0 bridgehead atoms. The van der Waals surface area contributed by atoms with Crippen LogP contribution in [0.2, 0.25) is 0 Å². The smallest absolute Gasteiger partial charge is 0.253 e. The summed E-state index contributed by atoms with van der Waals surface area (Å²) in [6.45, 7) is 5.78. The van der Waals surface area contributed by atoms with E-state index in [4.69, 9.17) is 0 Å². The zero-order valence-electron chi connectivity index (χ0n) is 20.8. The van der Waals surface area contributed by atoms with Crippen molar-refractivity contribution in [1.29, 1.82) is 0 Å². The van der Waals surface area contributed by atoms with Crippen molar-refractivity contribution in [3.05, 3.63) is 71.9 Å². The molecule has 8 nitrogen and oxygen atoms in total. The average Bonchev–Trinajstić information content (AvgIpc) is 3.26. The van der Waals surface area contributed by atoms with E-state index < -0.39 is 18.1 Å². The Morgan fingerprint density at radius 3 is 2.42 bits per heavy atom. The number of rotatable bonds is 7. The fraction of sp³-hybridized carbons (Fsp3) is 0.333. The number of anilines is 1. The Kier molecular flexibility index (Phi) is 8.66. The van der Waals surface area contributed by atoms with Gasteiger partial charge in [0.25, 0.3) is 5.91 Å². The summed E-state index contributed by atoms with van der Waals surface area (Å²) >= 11 is 0. The summed E-state index contributed by atoms with van der Waals surface area (Å²) in [7, 11) is 1.69. The van der Waals surface area contributed by atoms with Gasteiger partial charge >= 0.3 is 0 Å². The monoisotopic (exact) mass is 509 g/mol. The standard InChI is InChI=1S/C27H31N5O3.ClH/c1-16(2)22(30-25(33)17(3)28-4)27(35)32-15-19-10-6-7-11-20(19)23(32)26(34)31-24-21-12-8-5-9-18(21)13-14-29-24;/h5-14,16-17,22-23,28H,15H2,1-4H3,(H,30,33)(H,29,31,34);1H. The molecule has 4 rings (SSSR count). The Hall–Kier alpha value is -3.49. The van der Waals surface area contributed by atoms with E-state index in [2.05, 4.69) is 20.9 Å². The lowest BCUT2D eigenvalue weighted by Gasteiger charge is -2.31. The van der Waals surface area contributed by atoms with Gasteiger partial charge in [0.05, 0.1) is 6.04 Å². The Labute approximate surface area is 217 Å². The van der Waals surface area contributed by atoms with Gasteiger partial charge in [-0.05, 0) is 42.5 Å². The van der Waals surface area contributed by atoms with Crippen molar-refractivity contribution >= 4 is 46.7 Å². The van der Waals surface area contributed by atoms with Gasteiger partial charge in [-0.25, -0.2) is 4.98 Å². The molecule has 0 aliphatic carbocycles. The van der Waals surface area contributed by atoms with Crippen molar-refractivity contribution in [1.82, 2.24) is 20.5 Å². The van der Waals surface area contributed by atoms with Crippen molar-refractivity contribution in [3.8, 4) is 0 Å². The maximum absolute atomic E-state index is 13.8. The van der Waals surface area contributed by atoms with E-state index in [0.717, 1.165) is 21.9 Å². The molecule has 0 radical (unpaired) electrons. The molecule has 2 heterocycles. The second kappa shape index (κ2) is 11.5. The van der Waals surface area contributed by atoms with E-state index in [9.17, 15) is 14.4 Å². The quantitative estimate of drug-likeness (QED) is 0.453. The molecule has 3 N–H and O–H groups in total. The fourth-order valence-electron chi connectivity index (χ4n) is 4.38. The predicted molar refractivity (Wildman–Crippen MR) is 143 cm³/mol. The number of halogens is 1.